The van der Waals surface area contributed by atoms with Crippen LogP contribution in [0.5, 0.6) is 5.75 Å². The number of benzene rings is 2. The van der Waals surface area contributed by atoms with Crippen molar-refractivity contribution in [2.75, 3.05) is 13.2 Å². The van der Waals surface area contributed by atoms with Crippen LogP contribution in [0, 0.1) is 17.6 Å². The Morgan fingerprint density at radius 3 is 2.27 bits per heavy atom. The third kappa shape index (κ3) is 4.07. The molecule has 0 spiro atoms. The summed E-state index contributed by atoms with van der Waals surface area (Å²) < 4.78 is 33.6. The van der Waals surface area contributed by atoms with Crippen LogP contribution >= 0.6 is 0 Å². The summed E-state index contributed by atoms with van der Waals surface area (Å²) >= 11 is 0. The number of hydrogen-bond donors (Lipinski definition) is 1. The molecule has 0 unspecified atom stereocenters. The van der Waals surface area contributed by atoms with E-state index in [2.05, 4.69) is 12.1 Å². The highest BCUT2D eigenvalue weighted by atomic mass is 19.2. The lowest BCUT2D eigenvalue weighted by molar-refractivity contribution is 0.313. The lowest BCUT2D eigenvalue weighted by Crippen LogP contribution is -2.16. The van der Waals surface area contributed by atoms with Crippen LogP contribution < -0.4 is 10.5 Å². The number of rotatable bonds is 6. The molecule has 0 bridgehead atoms. The molecule has 2 nitrogen and oxygen atoms in total. The molecule has 4 heteroatoms. The molecule has 1 aliphatic rings. The fourth-order valence-corrected chi connectivity index (χ4v) is 3.98. The van der Waals surface area contributed by atoms with E-state index in [-0.39, 0.29) is 11.3 Å². The maximum absolute atomic E-state index is 14.4. The minimum atomic E-state index is -0.924. The summed E-state index contributed by atoms with van der Waals surface area (Å²) in [5.74, 6) is -0.506. The number of nitrogens with two attached hydrogens (primary N) is 1. The fourth-order valence-electron chi connectivity index (χ4n) is 3.98. The van der Waals surface area contributed by atoms with E-state index >= 15 is 0 Å². The summed E-state index contributed by atoms with van der Waals surface area (Å²) in [5, 5.41) is 0. The van der Waals surface area contributed by atoms with Gasteiger partial charge in [-0.15, -0.1) is 0 Å². The van der Waals surface area contributed by atoms with Crippen LogP contribution in [0.1, 0.15) is 50.5 Å². The highest BCUT2D eigenvalue weighted by Gasteiger charge is 2.22. The van der Waals surface area contributed by atoms with Gasteiger partial charge < -0.3 is 10.5 Å². The summed E-state index contributed by atoms with van der Waals surface area (Å²) in [7, 11) is 0. The zero-order valence-electron chi connectivity index (χ0n) is 15.3. The molecule has 1 fully saturated rings. The van der Waals surface area contributed by atoms with Gasteiger partial charge in [-0.05, 0) is 80.7 Å². The molecule has 0 radical (unpaired) electrons. The molecule has 2 N–H and O–H groups in total. The standard InChI is InChI=1S/C22H27F2NO/c1-2-26-20-12-11-19(21(23)22(20)24)18-9-7-17(8-10-18)16-5-3-15(4-6-16)13-14-25/h7-12,15-16H,2-6,13-14,25H2,1H3. The van der Waals surface area contributed by atoms with Crippen LogP contribution in [0.15, 0.2) is 36.4 Å². The Kier molecular flexibility index (Phi) is 6.25. The van der Waals surface area contributed by atoms with Gasteiger partial charge in [-0.2, -0.15) is 4.39 Å². The van der Waals surface area contributed by atoms with Crippen molar-refractivity contribution < 1.29 is 13.5 Å². The predicted molar refractivity (Wildman–Crippen MR) is 101 cm³/mol. The summed E-state index contributed by atoms with van der Waals surface area (Å²) in [6.07, 6.45) is 5.92. The molecule has 2 aromatic carbocycles. The highest BCUT2D eigenvalue weighted by Crippen LogP contribution is 2.38. The second kappa shape index (κ2) is 8.63. The topological polar surface area (TPSA) is 35.2 Å². The van der Waals surface area contributed by atoms with Crippen molar-refractivity contribution in [3.05, 3.63) is 53.6 Å². The van der Waals surface area contributed by atoms with Crippen molar-refractivity contribution in [2.24, 2.45) is 11.7 Å². The fraction of sp³-hybridized carbons (Fsp3) is 0.455. The Bertz CT molecular complexity index is 722. The van der Waals surface area contributed by atoms with Gasteiger partial charge in [-0.25, -0.2) is 4.39 Å². The SMILES string of the molecule is CCOc1ccc(-c2ccc(C3CCC(CCN)CC3)cc2)c(F)c1F. The average Bonchev–Trinajstić information content (AvgIpc) is 2.67. The van der Waals surface area contributed by atoms with E-state index in [1.807, 2.05) is 12.1 Å². The molecule has 26 heavy (non-hydrogen) atoms. The molecular weight excluding hydrogens is 332 g/mol. The van der Waals surface area contributed by atoms with E-state index in [0.717, 1.165) is 18.9 Å². The largest absolute Gasteiger partial charge is 0.491 e. The highest BCUT2D eigenvalue weighted by molar-refractivity contribution is 5.65. The van der Waals surface area contributed by atoms with Crippen LogP contribution in [0.2, 0.25) is 0 Å². The Hall–Kier alpha value is -1.94. The first-order valence-electron chi connectivity index (χ1n) is 9.55. The van der Waals surface area contributed by atoms with Gasteiger partial charge >= 0.3 is 0 Å². The second-order valence-electron chi connectivity index (χ2n) is 7.09. The monoisotopic (exact) mass is 359 g/mol. The lowest BCUT2D eigenvalue weighted by atomic mass is 9.77. The Labute approximate surface area is 154 Å². The number of ether oxygens (including phenoxy) is 1. The molecule has 2 aromatic rings. The van der Waals surface area contributed by atoms with Gasteiger partial charge in [-0.1, -0.05) is 24.3 Å². The van der Waals surface area contributed by atoms with Crippen LogP contribution in [0.4, 0.5) is 8.78 Å². The first-order chi connectivity index (χ1) is 12.6. The van der Waals surface area contributed by atoms with Crippen molar-refractivity contribution in [1.82, 2.24) is 0 Å². The van der Waals surface area contributed by atoms with E-state index in [1.54, 1.807) is 13.0 Å². The van der Waals surface area contributed by atoms with E-state index in [1.165, 1.54) is 37.3 Å². The predicted octanol–water partition coefficient (Wildman–Crippen LogP) is 5.65. The zero-order chi connectivity index (χ0) is 18.5. The van der Waals surface area contributed by atoms with E-state index < -0.39 is 11.6 Å². The first-order valence-corrected chi connectivity index (χ1v) is 9.55. The average molecular weight is 359 g/mol. The van der Waals surface area contributed by atoms with Gasteiger partial charge in [0.1, 0.15) is 0 Å². The molecule has 3 rings (SSSR count). The zero-order valence-corrected chi connectivity index (χ0v) is 15.3. The normalized spacial score (nSPS) is 20.2. The Morgan fingerprint density at radius 2 is 1.65 bits per heavy atom. The third-order valence-electron chi connectivity index (χ3n) is 5.46. The summed E-state index contributed by atoms with van der Waals surface area (Å²) in [6, 6.07) is 11.0. The number of hydrogen-bond acceptors (Lipinski definition) is 2. The van der Waals surface area contributed by atoms with Gasteiger partial charge in [0.2, 0.25) is 5.82 Å². The summed E-state index contributed by atoms with van der Waals surface area (Å²) in [4.78, 5) is 0. The Balaban J connectivity index is 1.73. The molecule has 1 aliphatic carbocycles. The van der Waals surface area contributed by atoms with Crippen LogP contribution in [0.25, 0.3) is 11.1 Å². The maximum Gasteiger partial charge on any atom is 0.201 e. The Morgan fingerprint density at radius 1 is 0.962 bits per heavy atom. The molecule has 140 valence electrons. The minimum Gasteiger partial charge on any atom is -0.491 e. The van der Waals surface area contributed by atoms with Crippen LogP contribution in [-0.4, -0.2) is 13.2 Å². The van der Waals surface area contributed by atoms with Crippen LogP contribution in [-0.2, 0) is 0 Å². The molecule has 1 saturated carbocycles. The quantitative estimate of drug-likeness (QED) is 0.723. The van der Waals surface area contributed by atoms with Crippen molar-refractivity contribution >= 4 is 0 Å². The molecule has 0 aliphatic heterocycles. The first kappa shape index (κ1) is 18.8. The van der Waals surface area contributed by atoms with Crippen molar-refractivity contribution in [3.63, 3.8) is 0 Å². The van der Waals surface area contributed by atoms with E-state index in [4.69, 9.17) is 10.5 Å². The molecule has 0 saturated heterocycles. The smallest absolute Gasteiger partial charge is 0.201 e. The third-order valence-corrected chi connectivity index (χ3v) is 5.46. The minimum absolute atomic E-state index is 0.0420. The van der Waals surface area contributed by atoms with E-state index in [0.29, 0.717) is 18.1 Å². The van der Waals surface area contributed by atoms with Crippen LogP contribution in [0.3, 0.4) is 0 Å². The maximum atomic E-state index is 14.4. The van der Waals surface area contributed by atoms with Gasteiger partial charge in [0.25, 0.3) is 0 Å². The van der Waals surface area contributed by atoms with Gasteiger partial charge in [0.15, 0.2) is 11.6 Å². The van der Waals surface area contributed by atoms with Crippen molar-refractivity contribution in [1.29, 1.82) is 0 Å². The molecule has 0 atom stereocenters. The molecular formula is C22H27F2NO. The molecule has 0 heterocycles. The van der Waals surface area contributed by atoms with Gasteiger partial charge in [0.05, 0.1) is 6.61 Å². The molecule has 0 amide bonds. The van der Waals surface area contributed by atoms with Gasteiger partial charge in [0, 0.05) is 5.56 Å². The van der Waals surface area contributed by atoms with E-state index in [9.17, 15) is 8.78 Å². The molecule has 0 aromatic heterocycles. The van der Waals surface area contributed by atoms with Crippen molar-refractivity contribution in [3.8, 4) is 16.9 Å². The van der Waals surface area contributed by atoms with Gasteiger partial charge in [-0.3, -0.25) is 0 Å². The summed E-state index contributed by atoms with van der Waals surface area (Å²) in [5.41, 5.74) is 7.90. The lowest BCUT2D eigenvalue weighted by Gasteiger charge is -2.28. The van der Waals surface area contributed by atoms with Crippen molar-refractivity contribution in [2.45, 2.75) is 44.9 Å². The number of halogens is 2. The summed E-state index contributed by atoms with van der Waals surface area (Å²) in [6.45, 7) is 2.82. The second-order valence-corrected chi connectivity index (χ2v) is 7.09.